The van der Waals surface area contributed by atoms with Crippen molar-refractivity contribution in [2.75, 3.05) is 13.6 Å². The molecule has 0 radical (unpaired) electrons. The van der Waals surface area contributed by atoms with Gasteiger partial charge in [0, 0.05) is 29.7 Å². The van der Waals surface area contributed by atoms with E-state index in [-0.39, 0.29) is 34.3 Å². The monoisotopic (exact) mass is 551 g/mol. The van der Waals surface area contributed by atoms with Gasteiger partial charge in [-0.15, -0.1) is 0 Å². The number of aliphatic hydroxyl groups is 1. The number of aromatic carboxylic acids is 1. The smallest absolute Gasteiger partial charge is 0.339 e. The number of ketones is 1. The maximum absolute atomic E-state index is 13.5. The van der Waals surface area contributed by atoms with Crippen LogP contribution < -0.4 is 4.74 Å². The molecule has 0 amide bonds. The van der Waals surface area contributed by atoms with Crippen molar-refractivity contribution in [3.05, 3.63) is 76.9 Å². The van der Waals surface area contributed by atoms with E-state index in [9.17, 15) is 33.7 Å². The summed E-state index contributed by atoms with van der Waals surface area (Å²) < 4.78 is 32.2. The minimum atomic E-state index is -1.32. The van der Waals surface area contributed by atoms with E-state index in [1.807, 2.05) is 13.1 Å². The first-order chi connectivity index (χ1) is 19.0. The lowest BCUT2D eigenvalue weighted by Gasteiger charge is -2.61. The number of Topliss-reactive ketones (excluding diaryl/α,β-unsaturated/α-hetero) is 1. The molecule has 0 unspecified atom stereocenters. The molecule has 3 aromatic carbocycles. The van der Waals surface area contributed by atoms with Crippen molar-refractivity contribution in [3.63, 3.8) is 0 Å². The van der Waals surface area contributed by atoms with Gasteiger partial charge in [0.05, 0.1) is 11.0 Å². The number of likely N-dealkylation sites (tertiary alicyclic amines) is 1. The van der Waals surface area contributed by atoms with Gasteiger partial charge in [0.1, 0.15) is 22.9 Å². The highest BCUT2D eigenvalue weighted by molar-refractivity contribution is 5.92. The molecule has 8 nitrogen and oxygen atoms in total. The van der Waals surface area contributed by atoms with Gasteiger partial charge in [-0.05, 0) is 74.3 Å². The standard InChI is InChI=1S/C17H19NO4.C13H8F2O3/c1-18-7-6-16-13-9-2-3-10(19)14(13)22-15(16)11(20)4-5-17(16,21)12(18)8-9;14-8-2-3-9(11(15)6-8)7-1-4-12(16)10(5-7)13(17)18/h2-3,12,15,19,21H,4-8H2,1H3;1-6,16H,(H,17,18)/t12-,15+,16+,17-;/m1./s1. The van der Waals surface area contributed by atoms with E-state index in [1.165, 1.54) is 12.1 Å². The van der Waals surface area contributed by atoms with Crippen LogP contribution in [-0.4, -0.2) is 68.4 Å². The van der Waals surface area contributed by atoms with Gasteiger partial charge < -0.3 is 30.1 Å². The van der Waals surface area contributed by atoms with Gasteiger partial charge in [-0.3, -0.25) is 4.79 Å². The number of piperidine rings is 1. The van der Waals surface area contributed by atoms with Gasteiger partial charge in [-0.1, -0.05) is 12.1 Å². The number of phenolic OH excluding ortho intramolecular Hbond substituents is 1. The number of halogens is 2. The van der Waals surface area contributed by atoms with Crippen LogP contribution in [0.5, 0.6) is 17.2 Å². The number of benzene rings is 3. The van der Waals surface area contributed by atoms with Crippen LogP contribution in [-0.2, 0) is 16.6 Å². The summed E-state index contributed by atoms with van der Waals surface area (Å²) >= 11 is 0. The Balaban J connectivity index is 0.000000148. The maximum Gasteiger partial charge on any atom is 0.339 e. The summed E-state index contributed by atoms with van der Waals surface area (Å²) in [6.07, 6.45) is 1.61. The molecule has 1 saturated carbocycles. The summed E-state index contributed by atoms with van der Waals surface area (Å²) in [6.45, 7) is 0.828. The maximum atomic E-state index is 13.5. The lowest BCUT2D eigenvalue weighted by atomic mass is 9.49. The van der Waals surface area contributed by atoms with E-state index in [0.29, 0.717) is 31.1 Å². The number of aromatic hydroxyl groups is 2. The molecule has 2 aliphatic heterocycles. The second kappa shape index (κ2) is 9.00. The number of carbonyl (C=O) groups excluding carboxylic acids is 1. The average Bonchev–Trinajstić information content (AvgIpc) is 3.27. The van der Waals surface area contributed by atoms with Crippen LogP contribution >= 0.6 is 0 Å². The van der Waals surface area contributed by atoms with E-state index >= 15 is 0 Å². The molecule has 2 heterocycles. The number of rotatable bonds is 2. The largest absolute Gasteiger partial charge is 0.507 e. The Morgan fingerprint density at radius 1 is 1.05 bits per heavy atom. The zero-order valence-corrected chi connectivity index (χ0v) is 21.5. The second-order valence-corrected chi connectivity index (χ2v) is 10.9. The lowest BCUT2D eigenvalue weighted by Crippen LogP contribution is -2.76. The highest BCUT2D eigenvalue weighted by Crippen LogP contribution is 2.64. The van der Waals surface area contributed by atoms with Gasteiger partial charge in [0.25, 0.3) is 0 Å². The second-order valence-electron chi connectivity index (χ2n) is 10.9. The third kappa shape index (κ3) is 3.55. The first kappa shape index (κ1) is 26.2. The van der Waals surface area contributed by atoms with Crippen molar-refractivity contribution < 1.29 is 43.5 Å². The predicted molar refractivity (Wildman–Crippen MR) is 139 cm³/mol. The molecule has 10 heteroatoms. The number of carboxylic acids is 1. The Hall–Kier alpha value is -4.02. The Morgan fingerprint density at radius 3 is 2.52 bits per heavy atom. The molecular formula is C30H27F2NO7. The van der Waals surface area contributed by atoms with E-state index < -0.39 is 40.5 Å². The molecule has 2 bridgehead atoms. The van der Waals surface area contributed by atoms with Gasteiger partial charge in [0.2, 0.25) is 0 Å². The lowest BCUT2D eigenvalue weighted by molar-refractivity contribution is -0.185. The molecule has 40 heavy (non-hydrogen) atoms. The number of carboxylic acid groups (broad SMARTS) is 1. The zero-order chi connectivity index (χ0) is 28.6. The third-order valence-electron chi connectivity index (χ3n) is 8.99. The molecule has 4 N–H and O–H groups in total. The quantitative estimate of drug-likeness (QED) is 0.379. The molecule has 1 saturated heterocycles. The first-order valence-corrected chi connectivity index (χ1v) is 13.0. The van der Waals surface area contributed by atoms with Crippen molar-refractivity contribution >= 4 is 11.8 Å². The molecule has 3 aromatic rings. The van der Waals surface area contributed by atoms with E-state index in [4.69, 9.17) is 9.84 Å². The van der Waals surface area contributed by atoms with Gasteiger partial charge in [-0.25, -0.2) is 13.6 Å². The fourth-order valence-corrected chi connectivity index (χ4v) is 7.13. The van der Waals surface area contributed by atoms with Crippen molar-refractivity contribution in [3.8, 4) is 28.4 Å². The Morgan fingerprint density at radius 2 is 1.80 bits per heavy atom. The zero-order valence-electron chi connectivity index (χ0n) is 21.5. The molecule has 4 atom stereocenters. The average molecular weight is 552 g/mol. The van der Waals surface area contributed by atoms with Crippen LogP contribution in [0.4, 0.5) is 8.78 Å². The van der Waals surface area contributed by atoms with Gasteiger partial charge in [0.15, 0.2) is 23.4 Å². The fraction of sp³-hybridized carbons (Fsp3) is 0.333. The van der Waals surface area contributed by atoms with Crippen LogP contribution in [0.15, 0.2) is 48.5 Å². The molecule has 2 aliphatic carbocycles. The SMILES string of the molecule is CN1CC[C@]23c4c5ccc(O)c4O[C@H]2C(=O)CC[C@@]3(O)[C@H]1C5.O=C(O)c1cc(-c2ccc(F)cc2F)ccc1O. The van der Waals surface area contributed by atoms with Crippen molar-refractivity contribution in [1.82, 2.24) is 4.90 Å². The normalized spacial score (nSPS) is 27.8. The molecule has 0 aromatic heterocycles. The Labute approximate surface area is 228 Å². The molecule has 208 valence electrons. The van der Waals surface area contributed by atoms with E-state index in [2.05, 4.69) is 4.90 Å². The number of carbonyl (C=O) groups is 2. The van der Waals surface area contributed by atoms with Crippen molar-refractivity contribution in [2.24, 2.45) is 0 Å². The number of phenols is 2. The van der Waals surface area contributed by atoms with Crippen molar-refractivity contribution in [2.45, 2.75) is 48.8 Å². The molecule has 4 aliphatic rings. The summed E-state index contributed by atoms with van der Waals surface area (Å²) in [5.41, 5.74) is 0.354. The van der Waals surface area contributed by atoms with Crippen molar-refractivity contribution in [1.29, 1.82) is 0 Å². The van der Waals surface area contributed by atoms with Crippen LogP contribution in [0.1, 0.15) is 40.7 Å². The first-order valence-electron chi connectivity index (χ1n) is 13.0. The highest BCUT2D eigenvalue weighted by Gasteiger charge is 2.72. The number of hydrogen-bond acceptors (Lipinski definition) is 7. The van der Waals surface area contributed by atoms with Crippen LogP contribution in [0, 0.1) is 11.6 Å². The van der Waals surface area contributed by atoms with Crippen LogP contribution in [0.2, 0.25) is 0 Å². The number of likely N-dealkylation sites (N-methyl/N-ethyl adjacent to an activating group) is 1. The fourth-order valence-electron chi connectivity index (χ4n) is 7.13. The number of hydrogen-bond donors (Lipinski definition) is 4. The molecule has 2 fully saturated rings. The summed E-state index contributed by atoms with van der Waals surface area (Å²) in [7, 11) is 2.04. The minimum absolute atomic E-state index is 0.00319. The highest BCUT2D eigenvalue weighted by atomic mass is 19.1. The molecule has 7 rings (SSSR count). The van der Waals surface area contributed by atoms with Crippen LogP contribution in [0.25, 0.3) is 11.1 Å². The summed E-state index contributed by atoms with van der Waals surface area (Å²) in [5.74, 6) is -2.68. The topological polar surface area (TPSA) is 128 Å². The number of nitrogens with zero attached hydrogens (tertiary/aromatic N) is 1. The summed E-state index contributed by atoms with van der Waals surface area (Å²) in [4.78, 5) is 25.6. The molecular weight excluding hydrogens is 524 g/mol. The van der Waals surface area contributed by atoms with E-state index in [0.717, 1.165) is 42.3 Å². The van der Waals surface area contributed by atoms with E-state index in [1.54, 1.807) is 6.07 Å². The summed E-state index contributed by atoms with van der Waals surface area (Å²) in [5, 5.41) is 40.0. The summed E-state index contributed by atoms with van der Waals surface area (Å²) in [6, 6.07) is 10.2. The third-order valence-corrected chi connectivity index (χ3v) is 8.99. The molecule has 1 spiro atoms. The Bertz CT molecular complexity index is 1580. The van der Waals surface area contributed by atoms with Gasteiger partial charge >= 0.3 is 5.97 Å². The predicted octanol–water partition coefficient (Wildman–Crippen LogP) is 3.78. The number of ether oxygens (including phenoxy) is 1. The van der Waals surface area contributed by atoms with Crippen LogP contribution in [0.3, 0.4) is 0 Å². The Kier molecular flexibility index (Phi) is 5.90. The van der Waals surface area contributed by atoms with Gasteiger partial charge in [-0.2, -0.15) is 0 Å². The minimum Gasteiger partial charge on any atom is -0.507 e.